The van der Waals surface area contributed by atoms with Crippen molar-refractivity contribution in [1.82, 2.24) is 10.2 Å². The molecule has 4 aromatic rings. The molecule has 0 spiro atoms. The van der Waals surface area contributed by atoms with Gasteiger partial charge in [0.05, 0.1) is 5.75 Å². The molecule has 1 fully saturated rings. The van der Waals surface area contributed by atoms with Crippen LogP contribution in [0.2, 0.25) is 5.02 Å². The topological polar surface area (TPSA) is 49.4 Å². The lowest BCUT2D eigenvalue weighted by Crippen LogP contribution is -2.27. The van der Waals surface area contributed by atoms with E-state index in [1.54, 1.807) is 11.8 Å². The molecular formula is C28H23ClN2O2S. The summed E-state index contributed by atoms with van der Waals surface area (Å²) in [4.78, 5) is 27.2. The van der Waals surface area contributed by atoms with Gasteiger partial charge in [-0.15, -0.1) is 11.8 Å². The summed E-state index contributed by atoms with van der Waals surface area (Å²) in [5.41, 5.74) is 3.73. The van der Waals surface area contributed by atoms with Crippen molar-refractivity contribution < 1.29 is 9.59 Å². The lowest BCUT2D eigenvalue weighted by molar-refractivity contribution is -0.128. The van der Waals surface area contributed by atoms with Crippen molar-refractivity contribution in [3.8, 4) is 0 Å². The van der Waals surface area contributed by atoms with Gasteiger partial charge >= 0.3 is 0 Å². The molecule has 1 aliphatic heterocycles. The lowest BCUT2D eigenvalue weighted by atomic mass is 10.0. The number of hydrogen-bond acceptors (Lipinski definition) is 3. The second-order valence-electron chi connectivity index (χ2n) is 8.25. The highest BCUT2D eigenvalue weighted by Crippen LogP contribution is 2.39. The molecule has 6 heteroatoms. The first kappa shape index (κ1) is 22.5. The molecule has 1 heterocycles. The Morgan fingerprint density at radius 3 is 2.47 bits per heavy atom. The molecule has 1 atom stereocenters. The maximum atomic E-state index is 12.8. The monoisotopic (exact) mass is 486 g/mol. The zero-order valence-electron chi connectivity index (χ0n) is 18.4. The van der Waals surface area contributed by atoms with Crippen molar-refractivity contribution >= 4 is 45.9 Å². The first-order valence-corrected chi connectivity index (χ1v) is 12.5. The number of halogens is 1. The minimum absolute atomic E-state index is 0.0732. The molecular weight excluding hydrogens is 464 g/mol. The van der Waals surface area contributed by atoms with Crippen LogP contribution in [0.15, 0.2) is 91.0 Å². The standard InChI is InChI=1S/C28H23ClN2O2S/c29-24-14-8-19(9-15-24)17-31-26(32)18-34-28(31)22-12-10-21(11-13-22)27(33)30-16-23-6-3-5-20-4-1-2-7-25(20)23/h1-15,28H,16-18H2,(H,30,33)/t28-/m1/s1. The van der Waals surface area contributed by atoms with Crippen molar-refractivity contribution in [2.45, 2.75) is 18.5 Å². The maximum Gasteiger partial charge on any atom is 0.251 e. The van der Waals surface area contributed by atoms with E-state index in [-0.39, 0.29) is 17.2 Å². The van der Waals surface area contributed by atoms with Crippen LogP contribution in [-0.4, -0.2) is 22.5 Å². The van der Waals surface area contributed by atoms with Crippen molar-refractivity contribution in [1.29, 1.82) is 0 Å². The Labute approximate surface area is 207 Å². The molecule has 1 N–H and O–H groups in total. The Morgan fingerprint density at radius 2 is 1.68 bits per heavy atom. The summed E-state index contributed by atoms with van der Waals surface area (Å²) >= 11 is 7.59. The van der Waals surface area contributed by atoms with E-state index >= 15 is 0 Å². The van der Waals surface area contributed by atoms with Crippen LogP contribution < -0.4 is 5.32 Å². The smallest absolute Gasteiger partial charge is 0.251 e. The van der Waals surface area contributed by atoms with Gasteiger partial charge in [-0.25, -0.2) is 0 Å². The molecule has 1 aliphatic rings. The van der Waals surface area contributed by atoms with E-state index < -0.39 is 0 Å². The van der Waals surface area contributed by atoms with E-state index in [4.69, 9.17) is 11.6 Å². The van der Waals surface area contributed by atoms with Crippen molar-refractivity contribution in [2.24, 2.45) is 0 Å². The Bertz CT molecular complexity index is 1330. The van der Waals surface area contributed by atoms with Crippen LogP contribution in [-0.2, 0) is 17.9 Å². The van der Waals surface area contributed by atoms with Crippen LogP contribution >= 0.6 is 23.4 Å². The van der Waals surface area contributed by atoms with Crippen LogP contribution in [0.3, 0.4) is 0 Å². The van der Waals surface area contributed by atoms with E-state index in [0.29, 0.717) is 29.4 Å². The molecule has 0 aliphatic carbocycles. The van der Waals surface area contributed by atoms with Crippen molar-refractivity contribution in [3.05, 3.63) is 118 Å². The van der Waals surface area contributed by atoms with Crippen LogP contribution in [0, 0.1) is 0 Å². The number of fused-ring (bicyclic) bond motifs is 1. The van der Waals surface area contributed by atoms with Gasteiger partial charge in [0, 0.05) is 23.7 Å². The maximum absolute atomic E-state index is 12.8. The largest absolute Gasteiger partial charge is 0.348 e. The van der Waals surface area contributed by atoms with E-state index in [1.807, 2.05) is 77.7 Å². The Hall–Kier alpha value is -3.28. The fourth-order valence-corrected chi connectivity index (χ4v) is 5.52. The van der Waals surface area contributed by atoms with Gasteiger partial charge in [0.2, 0.25) is 5.91 Å². The van der Waals surface area contributed by atoms with Crippen molar-refractivity contribution in [3.63, 3.8) is 0 Å². The van der Waals surface area contributed by atoms with Crippen LogP contribution in [0.5, 0.6) is 0 Å². The third kappa shape index (κ3) is 4.81. The summed E-state index contributed by atoms with van der Waals surface area (Å²) in [6.07, 6.45) is 0. The molecule has 170 valence electrons. The van der Waals surface area contributed by atoms with Gasteiger partial charge in [0.25, 0.3) is 5.91 Å². The Kier molecular flexibility index (Phi) is 6.57. The van der Waals surface area contributed by atoms with Gasteiger partial charge in [-0.3, -0.25) is 9.59 Å². The number of nitrogens with one attached hydrogen (secondary N) is 1. The second-order valence-corrected chi connectivity index (χ2v) is 9.76. The molecule has 4 nitrogen and oxygen atoms in total. The van der Waals surface area contributed by atoms with Gasteiger partial charge in [0.1, 0.15) is 5.37 Å². The number of carbonyl (C=O) groups is 2. The summed E-state index contributed by atoms with van der Waals surface area (Å²) < 4.78 is 0. The fourth-order valence-electron chi connectivity index (χ4n) is 4.21. The zero-order chi connectivity index (χ0) is 23.5. The summed E-state index contributed by atoms with van der Waals surface area (Å²) in [6.45, 7) is 0.991. The zero-order valence-corrected chi connectivity index (χ0v) is 20.0. The average molecular weight is 487 g/mol. The number of carbonyl (C=O) groups excluding carboxylic acids is 2. The van der Waals surface area contributed by atoms with Gasteiger partial charge in [-0.1, -0.05) is 78.3 Å². The fraction of sp³-hybridized carbons (Fsp3) is 0.143. The molecule has 0 radical (unpaired) electrons. The summed E-state index contributed by atoms with van der Waals surface area (Å²) in [5.74, 6) is 0.445. The summed E-state index contributed by atoms with van der Waals surface area (Å²) in [6, 6.07) is 29.4. The highest BCUT2D eigenvalue weighted by atomic mass is 35.5. The third-order valence-electron chi connectivity index (χ3n) is 6.01. The molecule has 0 aromatic heterocycles. The Balaban J connectivity index is 1.26. The molecule has 2 amide bonds. The van der Waals surface area contributed by atoms with Gasteiger partial charge in [-0.2, -0.15) is 0 Å². The molecule has 1 saturated heterocycles. The van der Waals surface area contributed by atoms with Gasteiger partial charge < -0.3 is 10.2 Å². The second kappa shape index (κ2) is 9.92. The SMILES string of the molecule is O=C(NCc1cccc2ccccc12)c1ccc([C@H]2SCC(=O)N2Cc2ccc(Cl)cc2)cc1. The first-order valence-electron chi connectivity index (χ1n) is 11.1. The average Bonchev–Trinajstić information content (AvgIpc) is 3.23. The molecule has 0 saturated carbocycles. The van der Waals surface area contributed by atoms with Gasteiger partial charge in [-0.05, 0) is 51.7 Å². The van der Waals surface area contributed by atoms with Crippen LogP contribution in [0.4, 0.5) is 0 Å². The van der Waals surface area contributed by atoms with Crippen molar-refractivity contribution in [2.75, 3.05) is 5.75 Å². The number of rotatable bonds is 6. The van der Waals surface area contributed by atoms with Crippen LogP contribution in [0.25, 0.3) is 10.8 Å². The minimum Gasteiger partial charge on any atom is -0.348 e. The summed E-state index contributed by atoms with van der Waals surface area (Å²) in [7, 11) is 0. The van der Waals surface area contributed by atoms with E-state index in [2.05, 4.69) is 23.5 Å². The summed E-state index contributed by atoms with van der Waals surface area (Å²) in [5, 5.41) is 5.94. The minimum atomic E-state index is -0.118. The Morgan fingerprint density at radius 1 is 0.941 bits per heavy atom. The van der Waals surface area contributed by atoms with E-state index in [0.717, 1.165) is 27.5 Å². The number of hydrogen-bond donors (Lipinski definition) is 1. The van der Waals surface area contributed by atoms with E-state index in [1.165, 1.54) is 0 Å². The van der Waals surface area contributed by atoms with Crippen LogP contribution in [0.1, 0.15) is 32.4 Å². The predicted octanol–water partition coefficient (Wildman–Crippen LogP) is 6.20. The first-order chi connectivity index (χ1) is 16.6. The number of amides is 2. The highest BCUT2D eigenvalue weighted by Gasteiger charge is 2.32. The molecule has 5 rings (SSSR count). The third-order valence-corrected chi connectivity index (χ3v) is 7.52. The number of thioether (sulfide) groups is 1. The molecule has 0 unspecified atom stereocenters. The highest BCUT2D eigenvalue weighted by molar-refractivity contribution is 8.00. The predicted molar refractivity (Wildman–Crippen MR) is 139 cm³/mol. The molecule has 0 bridgehead atoms. The normalized spacial score (nSPS) is 15.6. The quantitative estimate of drug-likeness (QED) is 0.353. The van der Waals surface area contributed by atoms with E-state index in [9.17, 15) is 9.59 Å². The number of nitrogens with zero attached hydrogens (tertiary/aromatic N) is 1. The van der Waals surface area contributed by atoms with Gasteiger partial charge in [0.15, 0.2) is 0 Å². The number of benzene rings is 4. The molecule has 34 heavy (non-hydrogen) atoms. The lowest BCUT2D eigenvalue weighted by Gasteiger charge is -2.24. The molecule has 4 aromatic carbocycles.